The Hall–Kier alpha value is -1.47. The van der Waals surface area contributed by atoms with E-state index in [1.165, 1.54) is 0 Å². The van der Waals surface area contributed by atoms with Crippen LogP contribution in [0.25, 0.3) is 10.8 Å². The molecule has 0 saturated heterocycles. The van der Waals surface area contributed by atoms with Crippen molar-refractivity contribution in [1.29, 1.82) is 0 Å². The van der Waals surface area contributed by atoms with Crippen molar-refractivity contribution in [3.63, 3.8) is 0 Å². The van der Waals surface area contributed by atoms with Gasteiger partial charge in [-0.1, -0.05) is 36.4 Å². The summed E-state index contributed by atoms with van der Waals surface area (Å²) >= 11 is 0. The molecule has 2 aromatic carbocycles. The Morgan fingerprint density at radius 2 is 1.62 bits per heavy atom. The molecule has 6 heteroatoms. The van der Waals surface area contributed by atoms with Crippen LogP contribution < -0.4 is 0 Å². The quantitative estimate of drug-likeness (QED) is 0.668. The smallest absolute Gasteiger partial charge is 0.361 e. The van der Waals surface area contributed by atoms with Crippen molar-refractivity contribution < 1.29 is 17.3 Å². The molecule has 0 saturated carbocycles. The third-order valence-electron chi connectivity index (χ3n) is 3.68. The minimum absolute atomic E-state index is 0.0614. The maximum absolute atomic E-state index is 12.6. The summed E-state index contributed by atoms with van der Waals surface area (Å²) in [6.45, 7) is 6.82. The van der Waals surface area contributed by atoms with Crippen LogP contribution in [0.1, 0.15) is 13.8 Å². The van der Waals surface area contributed by atoms with Crippen LogP contribution in [0.5, 0.6) is 0 Å². The Morgan fingerprint density at radius 3 is 2.25 bits per heavy atom. The van der Waals surface area contributed by atoms with E-state index in [9.17, 15) is 8.42 Å². The van der Waals surface area contributed by atoms with E-state index in [1.54, 1.807) is 23.9 Å². The van der Waals surface area contributed by atoms with Crippen molar-refractivity contribution in [1.82, 2.24) is 0 Å². The topological polar surface area (TPSA) is 52.6 Å². The average Bonchev–Trinajstić information content (AvgIpc) is 2.54. The van der Waals surface area contributed by atoms with E-state index in [0.717, 1.165) is 10.8 Å². The highest BCUT2D eigenvalue weighted by Gasteiger charge is 2.27. The van der Waals surface area contributed by atoms with Gasteiger partial charge in [0, 0.05) is 13.2 Å². The molecule has 0 aliphatic rings. The zero-order valence-electron chi connectivity index (χ0n) is 14.4. The third-order valence-corrected chi connectivity index (χ3v) is 7.85. The summed E-state index contributed by atoms with van der Waals surface area (Å²) in [5.74, 6) is -0.0614. The summed E-state index contributed by atoms with van der Waals surface area (Å²) in [4.78, 5) is 0.335. The van der Waals surface area contributed by atoms with E-state index >= 15 is 0 Å². The fourth-order valence-corrected chi connectivity index (χ4v) is 5.82. The van der Waals surface area contributed by atoms with Crippen molar-refractivity contribution >= 4 is 29.2 Å². The first-order chi connectivity index (χ1) is 11.4. The highest BCUT2D eigenvalue weighted by Crippen LogP contribution is 2.20. The predicted molar refractivity (Wildman–Crippen MR) is 100 cm³/mol. The van der Waals surface area contributed by atoms with Gasteiger partial charge in [0.05, 0.1) is 10.6 Å². The van der Waals surface area contributed by atoms with Crippen molar-refractivity contribution in [2.75, 3.05) is 19.0 Å². The minimum atomic E-state index is -3.38. The summed E-state index contributed by atoms with van der Waals surface area (Å²) in [5.41, 5.74) is 1.80. The van der Waals surface area contributed by atoms with Crippen LogP contribution in [0.3, 0.4) is 0 Å². The van der Waals surface area contributed by atoms with Gasteiger partial charge in [-0.25, -0.2) is 8.42 Å². The summed E-state index contributed by atoms with van der Waals surface area (Å²) in [6, 6.07) is 12.9. The Labute approximate surface area is 145 Å². The number of hydrogen-bond acceptors (Lipinski definition) is 4. The van der Waals surface area contributed by atoms with Crippen LogP contribution in [-0.4, -0.2) is 35.9 Å². The number of rotatable bonds is 8. The van der Waals surface area contributed by atoms with Crippen LogP contribution in [0.2, 0.25) is 6.55 Å². The lowest BCUT2D eigenvalue weighted by molar-refractivity contribution is 0.201. The van der Waals surface area contributed by atoms with E-state index in [-0.39, 0.29) is 5.75 Å². The van der Waals surface area contributed by atoms with Crippen molar-refractivity contribution in [3.05, 3.63) is 54.2 Å². The van der Waals surface area contributed by atoms with Crippen molar-refractivity contribution in [3.8, 4) is 0 Å². The lowest BCUT2D eigenvalue weighted by Crippen LogP contribution is -2.37. The summed E-state index contributed by atoms with van der Waals surface area (Å²) in [5, 5.41) is 1.95. The molecule has 0 bridgehead atoms. The number of fused-ring (bicyclic) bond motifs is 1. The van der Waals surface area contributed by atoms with Gasteiger partial charge in [-0.2, -0.15) is 0 Å². The molecule has 2 rings (SSSR count). The Bertz CT molecular complexity index is 809. The molecule has 4 nitrogen and oxygen atoms in total. The third kappa shape index (κ3) is 4.77. The summed E-state index contributed by atoms with van der Waals surface area (Å²) in [7, 11) is -5.82. The molecule has 0 spiro atoms. The number of benzene rings is 2. The van der Waals surface area contributed by atoms with Gasteiger partial charge in [0.1, 0.15) is 0 Å². The molecule has 2 aromatic rings. The maximum atomic E-state index is 12.6. The lowest BCUT2D eigenvalue weighted by Gasteiger charge is -2.22. The minimum Gasteiger partial charge on any atom is -0.392 e. The maximum Gasteiger partial charge on any atom is 0.361 e. The molecule has 0 N–H and O–H groups in total. The van der Waals surface area contributed by atoms with Gasteiger partial charge >= 0.3 is 8.56 Å². The SMILES string of the molecule is CCO[Si](C)(/C=C/CS(=O)(=O)c1ccc2ccccc2c1)OCC. The van der Waals surface area contributed by atoms with Crippen LogP contribution >= 0.6 is 0 Å². The molecule has 0 atom stereocenters. The molecule has 0 aliphatic heterocycles. The van der Waals surface area contributed by atoms with Gasteiger partial charge in [0.2, 0.25) is 0 Å². The van der Waals surface area contributed by atoms with E-state index in [0.29, 0.717) is 18.1 Å². The highest BCUT2D eigenvalue weighted by atomic mass is 32.2. The molecular weight excluding hydrogens is 340 g/mol. The van der Waals surface area contributed by atoms with Crippen LogP contribution in [0.4, 0.5) is 0 Å². The largest absolute Gasteiger partial charge is 0.392 e. The van der Waals surface area contributed by atoms with Gasteiger partial charge in [-0.15, -0.1) is 0 Å². The van der Waals surface area contributed by atoms with Crippen molar-refractivity contribution in [2.45, 2.75) is 25.3 Å². The summed E-state index contributed by atoms with van der Waals surface area (Å²) in [6.07, 6.45) is 1.65. The molecule has 0 fully saturated rings. The molecule has 0 heterocycles. The van der Waals surface area contributed by atoms with Crippen LogP contribution in [-0.2, 0) is 18.7 Å². The second-order valence-electron chi connectivity index (χ2n) is 5.57. The first kappa shape index (κ1) is 18.9. The van der Waals surface area contributed by atoms with E-state index in [4.69, 9.17) is 8.85 Å². The Kier molecular flexibility index (Phi) is 6.34. The average molecular weight is 365 g/mol. The monoisotopic (exact) mass is 364 g/mol. The molecule has 0 amide bonds. The van der Waals surface area contributed by atoms with E-state index < -0.39 is 18.4 Å². The molecule has 130 valence electrons. The zero-order chi connectivity index (χ0) is 17.6. The van der Waals surface area contributed by atoms with Gasteiger partial charge in [0.25, 0.3) is 0 Å². The van der Waals surface area contributed by atoms with Crippen molar-refractivity contribution in [2.24, 2.45) is 0 Å². The van der Waals surface area contributed by atoms with Gasteiger partial charge in [-0.3, -0.25) is 0 Å². The second-order valence-corrected chi connectivity index (χ2v) is 10.6. The van der Waals surface area contributed by atoms with E-state index in [2.05, 4.69) is 0 Å². The van der Waals surface area contributed by atoms with Gasteiger partial charge < -0.3 is 8.85 Å². The zero-order valence-corrected chi connectivity index (χ0v) is 16.2. The van der Waals surface area contributed by atoms with Crippen LogP contribution in [0.15, 0.2) is 59.1 Å². The molecular formula is C18H24O4SSi. The van der Waals surface area contributed by atoms with Crippen LogP contribution in [0, 0.1) is 0 Å². The summed E-state index contributed by atoms with van der Waals surface area (Å²) < 4.78 is 36.5. The lowest BCUT2D eigenvalue weighted by atomic mass is 10.1. The number of hydrogen-bond donors (Lipinski definition) is 0. The molecule has 24 heavy (non-hydrogen) atoms. The van der Waals surface area contributed by atoms with Gasteiger partial charge in [0.15, 0.2) is 9.84 Å². The standard InChI is InChI=1S/C18H24O4SSi/c1-4-21-24(3,22-5-2)14-8-13-23(19,20)18-12-11-16-9-6-7-10-17(16)15-18/h6-12,14-15H,4-5,13H2,1-3H3/b14-8+. The highest BCUT2D eigenvalue weighted by molar-refractivity contribution is 7.91. The molecule has 0 unspecified atom stereocenters. The molecule has 0 aromatic heterocycles. The fraction of sp³-hybridized carbons (Fsp3) is 0.333. The predicted octanol–water partition coefficient (Wildman–Crippen LogP) is 3.85. The number of sulfone groups is 1. The normalized spacial score (nSPS) is 13.0. The molecule has 0 radical (unpaired) electrons. The molecule has 0 aliphatic carbocycles. The van der Waals surface area contributed by atoms with E-state index in [1.807, 2.05) is 50.7 Å². The second kappa shape index (κ2) is 8.07. The Balaban J connectivity index is 2.18. The fourth-order valence-electron chi connectivity index (χ4n) is 2.56. The van der Waals surface area contributed by atoms with Gasteiger partial charge in [-0.05, 0) is 49.0 Å². The first-order valence-electron chi connectivity index (χ1n) is 8.07. The first-order valence-corrected chi connectivity index (χ1v) is 12.1. The Morgan fingerprint density at radius 1 is 1.00 bits per heavy atom.